The fourth-order valence-corrected chi connectivity index (χ4v) is 3.34. The molecular formula is C18H18FN3O2S. The summed E-state index contributed by atoms with van der Waals surface area (Å²) >= 11 is 1.40. The molecule has 0 bridgehead atoms. The number of aromatic amines is 1. The second-order valence-electron chi connectivity index (χ2n) is 5.67. The van der Waals surface area contributed by atoms with Gasteiger partial charge in [0.25, 0.3) is 5.56 Å². The zero-order valence-corrected chi connectivity index (χ0v) is 14.8. The predicted octanol–water partition coefficient (Wildman–Crippen LogP) is 4.12. The molecule has 0 saturated carbocycles. The fourth-order valence-electron chi connectivity index (χ4n) is 2.45. The number of nitrogens with one attached hydrogen (secondary N) is 1. The summed E-state index contributed by atoms with van der Waals surface area (Å²) in [5.41, 5.74) is 3.08. The van der Waals surface area contributed by atoms with Crippen LogP contribution in [-0.4, -0.2) is 15.1 Å². The highest BCUT2D eigenvalue weighted by Gasteiger charge is 2.14. The molecule has 7 heteroatoms. The van der Waals surface area contributed by atoms with Gasteiger partial charge in [-0.25, -0.2) is 9.37 Å². The Hall–Kier alpha value is -2.41. The summed E-state index contributed by atoms with van der Waals surface area (Å²) in [5, 5.41) is 4.67. The quantitative estimate of drug-likeness (QED) is 0.529. The molecule has 0 atom stereocenters. The molecule has 0 spiro atoms. The summed E-state index contributed by atoms with van der Waals surface area (Å²) in [6, 6.07) is 7.63. The van der Waals surface area contributed by atoms with E-state index in [1.165, 1.54) is 30.0 Å². The van der Waals surface area contributed by atoms with Crippen LogP contribution < -0.4 is 5.56 Å². The maximum absolute atomic E-state index is 13.1. The largest absolute Gasteiger partial charge is 0.356 e. The van der Waals surface area contributed by atoms with Crippen molar-refractivity contribution in [1.82, 2.24) is 15.1 Å². The highest BCUT2D eigenvalue weighted by molar-refractivity contribution is 7.98. The van der Waals surface area contributed by atoms with Gasteiger partial charge in [0.1, 0.15) is 5.82 Å². The van der Waals surface area contributed by atoms with E-state index in [9.17, 15) is 9.18 Å². The van der Waals surface area contributed by atoms with Gasteiger partial charge in [-0.15, -0.1) is 0 Å². The first kappa shape index (κ1) is 17.4. The first-order valence-electron chi connectivity index (χ1n) is 8.01. The molecule has 2 aromatic heterocycles. The number of hydrogen-bond acceptors (Lipinski definition) is 5. The van der Waals surface area contributed by atoms with Gasteiger partial charge in [-0.05, 0) is 37.6 Å². The first-order chi connectivity index (χ1) is 12.1. The second-order valence-corrected chi connectivity index (χ2v) is 6.63. The van der Waals surface area contributed by atoms with Crippen molar-refractivity contribution in [3.8, 4) is 11.3 Å². The lowest BCUT2D eigenvalue weighted by Crippen LogP contribution is -2.10. The number of benzene rings is 1. The van der Waals surface area contributed by atoms with E-state index in [1.54, 1.807) is 12.1 Å². The Labute approximate surface area is 148 Å². The van der Waals surface area contributed by atoms with E-state index in [0.29, 0.717) is 16.7 Å². The molecule has 0 fully saturated rings. The van der Waals surface area contributed by atoms with Crippen LogP contribution in [0.4, 0.5) is 4.39 Å². The number of nitrogens with zero attached hydrogens (tertiary/aromatic N) is 2. The van der Waals surface area contributed by atoms with Crippen LogP contribution in [0.3, 0.4) is 0 Å². The summed E-state index contributed by atoms with van der Waals surface area (Å²) < 4.78 is 18.5. The molecule has 1 N–H and O–H groups in total. The maximum atomic E-state index is 13.1. The van der Waals surface area contributed by atoms with Crippen LogP contribution in [0.5, 0.6) is 0 Å². The molecular weight excluding hydrogens is 341 g/mol. The number of aryl methyl sites for hydroxylation is 1. The molecule has 0 radical (unpaired) electrons. The fraction of sp³-hybridized carbons (Fsp3) is 0.278. The van der Waals surface area contributed by atoms with E-state index in [4.69, 9.17) is 4.52 Å². The van der Waals surface area contributed by atoms with Crippen molar-refractivity contribution < 1.29 is 8.91 Å². The van der Waals surface area contributed by atoms with Crippen molar-refractivity contribution in [2.75, 3.05) is 0 Å². The standard InChI is InChI=1S/C18H18FN3O2S/c1-3-4-14-9-16(23)21-18(20-14)25-10-15-11(2)17(24-22-15)12-5-7-13(19)8-6-12/h5-9H,3-4,10H2,1-2H3,(H,20,21,23). The van der Waals surface area contributed by atoms with Gasteiger partial charge in [0.15, 0.2) is 10.9 Å². The molecule has 5 nitrogen and oxygen atoms in total. The summed E-state index contributed by atoms with van der Waals surface area (Å²) in [7, 11) is 0. The molecule has 3 aromatic rings. The van der Waals surface area contributed by atoms with Crippen LogP contribution >= 0.6 is 11.8 Å². The lowest BCUT2D eigenvalue weighted by molar-refractivity contribution is 0.426. The Kier molecular flexibility index (Phi) is 5.33. The minimum atomic E-state index is -0.293. The van der Waals surface area contributed by atoms with Crippen LogP contribution in [0.25, 0.3) is 11.3 Å². The molecule has 130 valence electrons. The van der Waals surface area contributed by atoms with Crippen LogP contribution in [0.2, 0.25) is 0 Å². The van der Waals surface area contributed by atoms with Crippen LogP contribution in [0.15, 0.2) is 44.8 Å². The average molecular weight is 359 g/mol. The van der Waals surface area contributed by atoms with Gasteiger partial charge in [0.2, 0.25) is 0 Å². The molecule has 0 aliphatic rings. The maximum Gasteiger partial charge on any atom is 0.251 e. The lowest BCUT2D eigenvalue weighted by Gasteiger charge is -2.02. The van der Waals surface area contributed by atoms with Gasteiger partial charge in [-0.1, -0.05) is 30.3 Å². The molecule has 2 heterocycles. The third-order valence-electron chi connectivity index (χ3n) is 3.75. The normalized spacial score (nSPS) is 11.0. The highest BCUT2D eigenvalue weighted by Crippen LogP contribution is 2.29. The third kappa shape index (κ3) is 4.17. The second kappa shape index (κ2) is 7.65. The number of aromatic nitrogens is 3. The summed E-state index contributed by atoms with van der Waals surface area (Å²) in [5.74, 6) is 0.852. The van der Waals surface area contributed by atoms with E-state index in [2.05, 4.69) is 15.1 Å². The smallest absolute Gasteiger partial charge is 0.251 e. The molecule has 1 aromatic carbocycles. The number of thioether (sulfide) groups is 1. The van der Waals surface area contributed by atoms with E-state index in [-0.39, 0.29) is 11.4 Å². The first-order valence-corrected chi connectivity index (χ1v) is 8.99. The minimum Gasteiger partial charge on any atom is -0.356 e. The Balaban J connectivity index is 1.76. The van der Waals surface area contributed by atoms with Crippen LogP contribution in [0, 0.1) is 12.7 Å². The molecule has 25 heavy (non-hydrogen) atoms. The minimum absolute atomic E-state index is 0.148. The van der Waals surface area contributed by atoms with Crippen LogP contribution in [-0.2, 0) is 12.2 Å². The van der Waals surface area contributed by atoms with Crippen molar-refractivity contribution in [3.63, 3.8) is 0 Å². The predicted molar refractivity (Wildman–Crippen MR) is 95.0 cm³/mol. The van der Waals surface area contributed by atoms with E-state index in [0.717, 1.165) is 35.4 Å². The van der Waals surface area contributed by atoms with Crippen molar-refractivity contribution in [1.29, 1.82) is 0 Å². The average Bonchev–Trinajstić information content (AvgIpc) is 2.94. The summed E-state index contributed by atoms with van der Waals surface area (Å²) in [6.07, 6.45) is 1.71. The van der Waals surface area contributed by atoms with Gasteiger partial charge in [-0.2, -0.15) is 0 Å². The Morgan fingerprint density at radius 3 is 2.76 bits per heavy atom. The lowest BCUT2D eigenvalue weighted by atomic mass is 10.1. The zero-order valence-electron chi connectivity index (χ0n) is 14.0. The molecule has 0 aliphatic heterocycles. The van der Waals surface area contributed by atoms with E-state index < -0.39 is 0 Å². The number of rotatable bonds is 6. The molecule has 0 unspecified atom stereocenters. The summed E-state index contributed by atoms with van der Waals surface area (Å²) in [6.45, 7) is 3.96. The number of H-pyrrole nitrogens is 1. The van der Waals surface area contributed by atoms with Gasteiger partial charge in [0, 0.05) is 28.6 Å². The van der Waals surface area contributed by atoms with E-state index >= 15 is 0 Å². The summed E-state index contributed by atoms with van der Waals surface area (Å²) in [4.78, 5) is 18.9. The number of halogens is 1. The topological polar surface area (TPSA) is 71.8 Å². The Bertz CT molecular complexity index is 919. The molecule has 0 aliphatic carbocycles. The Morgan fingerprint density at radius 2 is 2.04 bits per heavy atom. The van der Waals surface area contributed by atoms with Gasteiger partial charge in [-0.3, -0.25) is 4.79 Å². The van der Waals surface area contributed by atoms with Crippen molar-refractivity contribution in [2.45, 2.75) is 37.6 Å². The third-order valence-corrected chi connectivity index (χ3v) is 4.64. The molecule has 0 amide bonds. The van der Waals surface area contributed by atoms with Crippen LogP contribution in [0.1, 0.15) is 30.3 Å². The Morgan fingerprint density at radius 1 is 1.28 bits per heavy atom. The zero-order chi connectivity index (χ0) is 17.8. The number of hydrogen-bond donors (Lipinski definition) is 1. The monoisotopic (exact) mass is 359 g/mol. The SMILES string of the molecule is CCCc1cc(=O)[nH]c(SCc2noc(-c3ccc(F)cc3)c2C)n1. The van der Waals surface area contributed by atoms with E-state index in [1.807, 2.05) is 13.8 Å². The molecule has 0 saturated heterocycles. The molecule has 3 rings (SSSR count). The van der Waals surface area contributed by atoms with Crippen molar-refractivity contribution in [3.05, 3.63) is 63.5 Å². The van der Waals surface area contributed by atoms with Gasteiger partial charge in [0.05, 0.1) is 5.69 Å². The van der Waals surface area contributed by atoms with Gasteiger partial charge < -0.3 is 9.51 Å². The van der Waals surface area contributed by atoms with Crippen molar-refractivity contribution >= 4 is 11.8 Å². The van der Waals surface area contributed by atoms with Crippen molar-refractivity contribution in [2.24, 2.45) is 0 Å². The highest BCUT2D eigenvalue weighted by atomic mass is 32.2. The van der Waals surface area contributed by atoms with Gasteiger partial charge >= 0.3 is 0 Å².